The van der Waals surface area contributed by atoms with Crippen molar-refractivity contribution in [2.75, 3.05) is 6.61 Å². The van der Waals surface area contributed by atoms with Gasteiger partial charge in [0.25, 0.3) is 0 Å². The number of carbonyl (C=O) groups excluding carboxylic acids is 5. The van der Waals surface area contributed by atoms with Gasteiger partial charge in [0.2, 0.25) is 0 Å². The van der Waals surface area contributed by atoms with Gasteiger partial charge >= 0.3 is 5.97 Å². The molecule has 196 valence electrons. The lowest BCUT2D eigenvalue weighted by atomic mass is 10.1. The van der Waals surface area contributed by atoms with Gasteiger partial charge in [-0.05, 0) is 79.1 Å². The molecule has 0 aliphatic rings. The lowest BCUT2D eigenvalue weighted by molar-refractivity contribution is -0.153. The molecule has 0 saturated carbocycles. The van der Waals surface area contributed by atoms with E-state index in [9.17, 15) is 29.1 Å². The van der Waals surface area contributed by atoms with Crippen LogP contribution in [0.15, 0.2) is 0 Å². The Morgan fingerprint density at radius 2 is 1.26 bits per heavy atom. The van der Waals surface area contributed by atoms with Crippen LogP contribution in [0.25, 0.3) is 0 Å². The number of carbonyl (C=O) groups is 5. The quantitative estimate of drug-likeness (QED) is 0.136. The van der Waals surface area contributed by atoms with E-state index in [0.717, 1.165) is 32.0 Å². The molecule has 0 heterocycles. The molecule has 0 aliphatic carbocycles. The van der Waals surface area contributed by atoms with E-state index in [4.69, 9.17) is 10.4 Å². The zero-order chi connectivity index (χ0) is 26.8. The number of hydrogen-bond donors (Lipinski definition) is 2. The van der Waals surface area contributed by atoms with Crippen molar-refractivity contribution in [2.24, 2.45) is 0 Å². The van der Waals surface area contributed by atoms with Gasteiger partial charge < -0.3 is 34.1 Å². The minimum Gasteiger partial charge on any atom is -0.464 e. The molecule has 2 unspecified atom stereocenters. The number of rotatable bonds is 17. The van der Waals surface area contributed by atoms with Crippen LogP contribution in [0, 0.1) is 11.3 Å². The third-order valence-electron chi connectivity index (χ3n) is 4.32. The second kappa shape index (κ2) is 26.8. The van der Waals surface area contributed by atoms with Crippen molar-refractivity contribution in [3.63, 3.8) is 0 Å². The van der Waals surface area contributed by atoms with Gasteiger partial charge in [0.15, 0.2) is 6.10 Å². The van der Waals surface area contributed by atoms with E-state index >= 15 is 0 Å². The van der Waals surface area contributed by atoms with Crippen LogP contribution in [0.5, 0.6) is 0 Å². The highest BCUT2D eigenvalue weighted by atomic mass is 16.5. The summed E-state index contributed by atoms with van der Waals surface area (Å²) in [6.07, 6.45) is 6.71. The standard InChI is InChI=1S/C10H18O4.C8H13NO2.C7H12O2/c1-3-14-10(13)9(12)7-5-4-6-8(2)11;1-7(10)4-2-3-5-8(11)6-9;1-7(9)5-3-2-4-6-8/h9,12H,3-7H2,1-2H3;8,11H,2-5H2,1H3;6H,2-5H2,1H3. The summed E-state index contributed by atoms with van der Waals surface area (Å²) in [5, 5.41) is 26.2. The van der Waals surface area contributed by atoms with Crippen molar-refractivity contribution in [1.29, 1.82) is 5.26 Å². The molecule has 34 heavy (non-hydrogen) atoms. The number of aliphatic hydroxyl groups excluding tert-OH is 2. The van der Waals surface area contributed by atoms with E-state index in [1.54, 1.807) is 26.8 Å². The van der Waals surface area contributed by atoms with Crippen molar-refractivity contribution >= 4 is 29.6 Å². The lowest BCUT2D eigenvalue weighted by Gasteiger charge is -2.08. The summed E-state index contributed by atoms with van der Waals surface area (Å²) in [7, 11) is 0. The average molecular weight is 486 g/mol. The highest BCUT2D eigenvalue weighted by Gasteiger charge is 2.15. The van der Waals surface area contributed by atoms with Crippen LogP contribution in [-0.4, -0.2) is 58.6 Å². The van der Waals surface area contributed by atoms with Gasteiger partial charge in [0.05, 0.1) is 12.7 Å². The van der Waals surface area contributed by atoms with E-state index in [-0.39, 0.29) is 24.0 Å². The fourth-order valence-electron chi connectivity index (χ4n) is 2.45. The predicted octanol–water partition coefficient (Wildman–Crippen LogP) is 3.41. The smallest absolute Gasteiger partial charge is 0.334 e. The first kappa shape index (κ1) is 36.1. The van der Waals surface area contributed by atoms with Crippen molar-refractivity contribution in [3.8, 4) is 6.07 Å². The zero-order valence-corrected chi connectivity index (χ0v) is 21.2. The molecule has 2 atom stereocenters. The first-order valence-electron chi connectivity index (χ1n) is 11.9. The third-order valence-corrected chi connectivity index (χ3v) is 4.32. The summed E-state index contributed by atoms with van der Waals surface area (Å²) >= 11 is 0. The molecule has 9 heteroatoms. The van der Waals surface area contributed by atoms with Crippen molar-refractivity contribution in [2.45, 2.75) is 117 Å². The van der Waals surface area contributed by atoms with E-state index in [2.05, 4.69) is 4.74 Å². The number of nitriles is 1. The fourth-order valence-corrected chi connectivity index (χ4v) is 2.45. The van der Waals surface area contributed by atoms with Crippen LogP contribution in [0.3, 0.4) is 0 Å². The zero-order valence-electron chi connectivity index (χ0n) is 21.2. The third kappa shape index (κ3) is 34.2. The molecule has 0 radical (unpaired) electrons. The number of unbranched alkanes of at least 4 members (excludes halogenated alkanes) is 4. The number of hydrogen-bond acceptors (Lipinski definition) is 9. The lowest BCUT2D eigenvalue weighted by Crippen LogP contribution is -2.22. The topological polar surface area (TPSA) is 159 Å². The Bertz CT molecular complexity index is 613. The van der Waals surface area contributed by atoms with Crippen molar-refractivity contribution < 1.29 is 38.9 Å². The Morgan fingerprint density at radius 3 is 1.65 bits per heavy atom. The minimum atomic E-state index is -1.04. The summed E-state index contributed by atoms with van der Waals surface area (Å²) in [5.74, 6) is -0.0664. The minimum absolute atomic E-state index is 0.135. The van der Waals surface area contributed by atoms with E-state index in [0.29, 0.717) is 51.4 Å². The molecule has 0 saturated heterocycles. The molecular formula is C25H43NO8. The number of esters is 1. The number of aliphatic hydroxyl groups is 2. The molecule has 0 amide bonds. The monoisotopic (exact) mass is 485 g/mol. The largest absolute Gasteiger partial charge is 0.464 e. The summed E-state index contributed by atoms with van der Waals surface area (Å²) < 4.78 is 4.63. The van der Waals surface area contributed by atoms with Crippen LogP contribution in [0.2, 0.25) is 0 Å². The van der Waals surface area contributed by atoms with Crippen LogP contribution in [-0.2, 0) is 28.7 Å². The molecule has 0 spiro atoms. The van der Waals surface area contributed by atoms with Gasteiger partial charge in [0, 0.05) is 25.7 Å². The molecule has 0 aromatic heterocycles. The van der Waals surface area contributed by atoms with Gasteiger partial charge in [-0.15, -0.1) is 0 Å². The van der Waals surface area contributed by atoms with Crippen LogP contribution < -0.4 is 0 Å². The second-order valence-electron chi connectivity index (χ2n) is 7.92. The maximum absolute atomic E-state index is 10.9. The van der Waals surface area contributed by atoms with E-state index in [1.807, 2.05) is 0 Å². The highest BCUT2D eigenvalue weighted by Crippen LogP contribution is 2.05. The number of Topliss-reactive ketones (excluding diaryl/α,β-unsaturated/α-hetero) is 3. The molecule has 0 rings (SSSR count). The number of nitrogens with zero attached hydrogens (tertiary/aromatic N) is 1. The molecule has 0 aromatic rings. The molecule has 2 N–H and O–H groups in total. The Kier molecular flexibility index (Phi) is 28.5. The number of ketones is 3. The summed E-state index contributed by atoms with van der Waals surface area (Å²) in [6.45, 7) is 6.62. The molecule has 0 bridgehead atoms. The fraction of sp³-hybridized carbons (Fsp3) is 0.760. The average Bonchev–Trinajstić information content (AvgIpc) is 2.77. The highest BCUT2D eigenvalue weighted by molar-refractivity contribution is 5.76. The number of ether oxygens (including phenoxy) is 1. The first-order valence-corrected chi connectivity index (χ1v) is 11.9. The van der Waals surface area contributed by atoms with Crippen molar-refractivity contribution in [3.05, 3.63) is 0 Å². The summed E-state index contributed by atoms with van der Waals surface area (Å²) in [5.41, 5.74) is 0. The van der Waals surface area contributed by atoms with Crippen LogP contribution in [0.4, 0.5) is 0 Å². The van der Waals surface area contributed by atoms with Gasteiger partial charge in [-0.2, -0.15) is 5.26 Å². The molecular weight excluding hydrogens is 442 g/mol. The Labute approximate surface area is 203 Å². The van der Waals surface area contributed by atoms with Gasteiger partial charge in [0.1, 0.15) is 29.7 Å². The maximum Gasteiger partial charge on any atom is 0.334 e. The molecule has 9 nitrogen and oxygen atoms in total. The van der Waals surface area contributed by atoms with E-state index in [1.165, 1.54) is 6.92 Å². The van der Waals surface area contributed by atoms with Gasteiger partial charge in [-0.25, -0.2) is 4.79 Å². The predicted molar refractivity (Wildman–Crippen MR) is 128 cm³/mol. The van der Waals surface area contributed by atoms with E-state index < -0.39 is 18.2 Å². The summed E-state index contributed by atoms with van der Waals surface area (Å²) in [6, 6.07) is 1.72. The Hall–Kier alpha value is -2.44. The maximum atomic E-state index is 10.9. The van der Waals surface area contributed by atoms with Crippen molar-refractivity contribution in [1.82, 2.24) is 0 Å². The summed E-state index contributed by atoms with van der Waals surface area (Å²) in [4.78, 5) is 52.0. The van der Waals surface area contributed by atoms with Crippen LogP contribution in [0.1, 0.15) is 105 Å². The second-order valence-corrected chi connectivity index (χ2v) is 7.92. The van der Waals surface area contributed by atoms with Gasteiger partial charge in [-0.3, -0.25) is 0 Å². The molecule has 0 fully saturated rings. The SMILES string of the molecule is CC(=O)CCCCC(O)C#N.CC(=O)CCCCC=O.CCOC(=O)C(O)CCCCC(C)=O. The molecule has 0 aliphatic heterocycles. The normalized spacial score (nSPS) is 11.3. The number of aldehydes is 1. The first-order chi connectivity index (χ1) is 16.0. The Balaban J connectivity index is -0.000000435. The Morgan fingerprint density at radius 1 is 0.824 bits per heavy atom. The van der Waals surface area contributed by atoms with Crippen LogP contribution >= 0.6 is 0 Å². The molecule has 0 aromatic carbocycles. The van der Waals surface area contributed by atoms with Gasteiger partial charge in [-0.1, -0.05) is 0 Å².